The summed E-state index contributed by atoms with van der Waals surface area (Å²) in [4.78, 5) is 14.2. The van der Waals surface area contributed by atoms with Crippen molar-refractivity contribution in [2.75, 3.05) is 30.3 Å². The zero-order chi connectivity index (χ0) is 30.3. The first-order valence-electron chi connectivity index (χ1n) is 14.6. The Bertz CT molecular complexity index is 1480. The third kappa shape index (κ3) is 6.80. The first-order valence-corrected chi connectivity index (χ1v) is 16.7. The standard InChI is InChI=1S/C32H41ClN2O6S/c1-31(2,20-42(34,39)40)13-4-6-28(36)25-10-7-23(25)17-35-18-32(14-3-5-21-15-24(33)9-11-26(21)32)19-41-29-12-8-22(30(37)38)16-27(29)35/h4,6,8-9,11-12,15-16,23,25,28,36H,3,5,7,10,13-14,17-20H2,1-2H3,(H,37,38)(H2,34,39,40)/b6-4+/t23-,25+,28-,32-/m0/s1. The molecular formula is C32H41ClN2O6S. The van der Waals surface area contributed by atoms with Gasteiger partial charge >= 0.3 is 5.97 Å². The summed E-state index contributed by atoms with van der Waals surface area (Å²) < 4.78 is 29.6. The molecule has 2 aromatic rings. The smallest absolute Gasteiger partial charge is 0.335 e. The summed E-state index contributed by atoms with van der Waals surface area (Å²) in [6.45, 7) is 5.52. The molecule has 2 aliphatic carbocycles. The van der Waals surface area contributed by atoms with Gasteiger partial charge in [0.05, 0.1) is 29.7 Å². The summed E-state index contributed by atoms with van der Waals surface area (Å²) >= 11 is 6.36. The van der Waals surface area contributed by atoms with E-state index in [2.05, 4.69) is 17.0 Å². The van der Waals surface area contributed by atoms with Crippen molar-refractivity contribution in [3.05, 3.63) is 70.3 Å². The third-order valence-corrected chi connectivity index (χ3v) is 10.7. The number of rotatable bonds is 9. The molecule has 3 aliphatic rings. The van der Waals surface area contributed by atoms with Crippen LogP contribution in [0.15, 0.2) is 48.6 Å². The van der Waals surface area contributed by atoms with Gasteiger partial charge in [-0.3, -0.25) is 0 Å². The van der Waals surface area contributed by atoms with E-state index in [0.29, 0.717) is 31.9 Å². The second kappa shape index (κ2) is 11.8. The molecule has 0 aromatic heterocycles. The highest BCUT2D eigenvalue weighted by Gasteiger charge is 2.44. The normalized spacial score (nSPS) is 24.8. The number of primary sulfonamides is 1. The second-order valence-electron chi connectivity index (χ2n) is 13.2. The maximum atomic E-state index is 11.9. The van der Waals surface area contributed by atoms with Gasteiger partial charge in [0, 0.05) is 23.5 Å². The molecule has 1 aliphatic heterocycles. The number of hydrogen-bond acceptors (Lipinski definition) is 6. The molecule has 228 valence electrons. The van der Waals surface area contributed by atoms with Crippen LogP contribution in [0.1, 0.15) is 67.4 Å². The number of benzene rings is 2. The van der Waals surface area contributed by atoms with Gasteiger partial charge in [-0.25, -0.2) is 18.4 Å². The number of aryl methyl sites for hydroxylation is 1. The SMILES string of the molecule is CC(C)(C/C=C/[C@H](O)[C@@H]1CC[C@H]1CN1C[C@@]2(CCCc3cc(Cl)ccc32)COc2ccc(C(=O)O)cc21)CS(N)(=O)=O. The van der Waals surface area contributed by atoms with Gasteiger partial charge in [-0.1, -0.05) is 43.7 Å². The van der Waals surface area contributed by atoms with Gasteiger partial charge in [0.25, 0.3) is 0 Å². The number of nitrogens with zero attached hydrogens (tertiary/aromatic N) is 1. The predicted octanol–water partition coefficient (Wildman–Crippen LogP) is 5.16. The van der Waals surface area contributed by atoms with Gasteiger partial charge in [0.15, 0.2) is 0 Å². The number of fused-ring (bicyclic) bond motifs is 3. The van der Waals surface area contributed by atoms with Crippen molar-refractivity contribution in [3.8, 4) is 5.75 Å². The Labute approximate surface area is 253 Å². The van der Waals surface area contributed by atoms with Crippen molar-refractivity contribution in [1.29, 1.82) is 0 Å². The highest BCUT2D eigenvalue weighted by Crippen LogP contribution is 2.46. The molecule has 1 heterocycles. The van der Waals surface area contributed by atoms with Gasteiger partial charge in [0.1, 0.15) is 5.75 Å². The van der Waals surface area contributed by atoms with Gasteiger partial charge < -0.3 is 19.8 Å². The Morgan fingerprint density at radius 3 is 2.74 bits per heavy atom. The fourth-order valence-electron chi connectivity index (χ4n) is 7.07. The predicted molar refractivity (Wildman–Crippen MR) is 165 cm³/mol. The van der Waals surface area contributed by atoms with Crippen LogP contribution < -0.4 is 14.8 Å². The minimum Gasteiger partial charge on any atom is -0.490 e. The molecular weight excluding hydrogens is 576 g/mol. The largest absolute Gasteiger partial charge is 0.490 e. The van der Waals surface area contributed by atoms with E-state index in [1.807, 2.05) is 26.0 Å². The number of carboxylic acid groups (broad SMARTS) is 1. The van der Waals surface area contributed by atoms with E-state index in [9.17, 15) is 23.4 Å². The summed E-state index contributed by atoms with van der Waals surface area (Å²) in [6.07, 6.45) is 8.24. The molecule has 8 nitrogen and oxygen atoms in total. The van der Waals surface area contributed by atoms with Crippen LogP contribution in [0, 0.1) is 17.3 Å². The van der Waals surface area contributed by atoms with E-state index < -0.39 is 27.5 Å². The average molecular weight is 617 g/mol. The molecule has 4 N–H and O–H groups in total. The molecule has 1 saturated carbocycles. The summed E-state index contributed by atoms with van der Waals surface area (Å²) in [5.41, 5.74) is 2.66. The third-order valence-electron chi connectivity index (χ3n) is 9.25. The Morgan fingerprint density at radius 1 is 1.26 bits per heavy atom. The number of aliphatic hydroxyl groups excluding tert-OH is 1. The van der Waals surface area contributed by atoms with Crippen molar-refractivity contribution in [1.82, 2.24) is 0 Å². The monoisotopic (exact) mass is 616 g/mol. The highest BCUT2D eigenvalue weighted by atomic mass is 35.5. The Kier molecular flexibility index (Phi) is 8.69. The maximum Gasteiger partial charge on any atom is 0.335 e. The van der Waals surface area contributed by atoms with Crippen LogP contribution in [-0.2, 0) is 21.9 Å². The van der Waals surface area contributed by atoms with Crippen molar-refractivity contribution in [3.63, 3.8) is 0 Å². The van der Waals surface area contributed by atoms with Crippen molar-refractivity contribution in [2.45, 2.75) is 63.9 Å². The Morgan fingerprint density at radius 2 is 2.05 bits per heavy atom. The first-order chi connectivity index (χ1) is 19.8. The fourth-order valence-corrected chi connectivity index (χ4v) is 8.48. The number of allylic oxidation sites excluding steroid dienone is 1. The summed E-state index contributed by atoms with van der Waals surface area (Å²) in [6, 6.07) is 11.2. The lowest BCUT2D eigenvalue weighted by molar-refractivity contribution is 0.0455. The van der Waals surface area contributed by atoms with Crippen LogP contribution in [0.4, 0.5) is 5.69 Å². The number of ether oxygens (including phenoxy) is 1. The van der Waals surface area contributed by atoms with Crippen LogP contribution in [0.2, 0.25) is 5.02 Å². The maximum absolute atomic E-state index is 11.9. The molecule has 2 aromatic carbocycles. The molecule has 10 heteroatoms. The second-order valence-corrected chi connectivity index (χ2v) is 15.2. The molecule has 4 atom stereocenters. The summed E-state index contributed by atoms with van der Waals surface area (Å²) in [5.74, 6) is -0.190. The lowest BCUT2D eigenvalue weighted by atomic mass is 9.68. The van der Waals surface area contributed by atoms with E-state index in [4.69, 9.17) is 21.5 Å². The number of nitrogens with two attached hydrogens (primary N) is 1. The first kappa shape index (κ1) is 30.9. The number of carboxylic acids is 1. The zero-order valence-corrected chi connectivity index (χ0v) is 25.8. The van der Waals surface area contributed by atoms with Crippen LogP contribution >= 0.6 is 11.6 Å². The lowest BCUT2D eigenvalue weighted by Gasteiger charge is -2.45. The van der Waals surface area contributed by atoms with E-state index >= 15 is 0 Å². The van der Waals surface area contributed by atoms with Crippen molar-refractivity contribution < 1.29 is 28.2 Å². The number of aromatic carboxylic acids is 1. The van der Waals surface area contributed by atoms with Crippen LogP contribution in [0.5, 0.6) is 5.75 Å². The quantitative estimate of drug-likeness (QED) is 0.332. The van der Waals surface area contributed by atoms with Crippen molar-refractivity contribution >= 4 is 33.3 Å². The zero-order valence-electron chi connectivity index (χ0n) is 24.3. The minimum absolute atomic E-state index is 0.0475. The number of aliphatic hydroxyl groups is 1. The van der Waals surface area contributed by atoms with Crippen LogP contribution in [-0.4, -0.2) is 56.2 Å². The average Bonchev–Trinajstić information content (AvgIpc) is 3.02. The Balaban J connectivity index is 1.39. The van der Waals surface area contributed by atoms with Crippen LogP contribution in [0.3, 0.4) is 0 Å². The fraction of sp³-hybridized carbons (Fsp3) is 0.531. The molecule has 0 bridgehead atoms. The number of sulfonamides is 1. The Hall–Kier alpha value is -2.59. The number of hydrogen-bond donors (Lipinski definition) is 3. The topological polar surface area (TPSA) is 130 Å². The number of halogens is 1. The van der Waals surface area contributed by atoms with Gasteiger partial charge in [-0.2, -0.15) is 0 Å². The molecule has 5 rings (SSSR count). The highest BCUT2D eigenvalue weighted by molar-refractivity contribution is 7.89. The van der Waals surface area contributed by atoms with E-state index in [-0.39, 0.29) is 28.6 Å². The van der Waals surface area contributed by atoms with Gasteiger partial charge in [-0.05, 0) is 97.2 Å². The van der Waals surface area contributed by atoms with Crippen LogP contribution in [0.25, 0.3) is 0 Å². The van der Waals surface area contributed by atoms with E-state index in [1.54, 1.807) is 24.3 Å². The number of anilines is 1. The van der Waals surface area contributed by atoms with Gasteiger partial charge in [0.2, 0.25) is 10.0 Å². The summed E-state index contributed by atoms with van der Waals surface area (Å²) in [7, 11) is -3.59. The van der Waals surface area contributed by atoms with Crippen molar-refractivity contribution in [2.24, 2.45) is 22.4 Å². The molecule has 1 spiro atoms. The molecule has 42 heavy (non-hydrogen) atoms. The lowest BCUT2D eigenvalue weighted by Crippen LogP contribution is -2.49. The molecule has 0 unspecified atom stereocenters. The number of carbonyl (C=O) groups is 1. The van der Waals surface area contributed by atoms with Gasteiger partial charge in [-0.15, -0.1) is 0 Å². The minimum atomic E-state index is -3.59. The molecule has 0 amide bonds. The molecule has 0 saturated heterocycles. The summed E-state index contributed by atoms with van der Waals surface area (Å²) in [5, 5.41) is 26.8. The van der Waals surface area contributed by atoms with E-state index in [0.717, 1.165) is 42.8 Å². The molecule has 0 radical (unpaired) electrons. The van der Waals surface area contributed by atoms with E-state index in [1.165, 1.54) is 11.1 Å². The molecule has 1 fully saturated rings.